The van der Waals surface area contributed by atoms with Gasteiger partial charge in [0.1, 0.15) is 12.4 Å². The molecule has 0 spiro atoms. The molecule has 0 saturated heterocycles. The Bertz CT molecular complexity index is 598. The molecule has 2 aromatic heterocycles. The lowest BCUT2D eigenvalue weighted by molar-refractivity contribution is 0.0943. The summed E-state index contributed by atoms with van der Waals surface area (Å²) in [6, 6.07) is 5.00. The number of hydrogen-bond acceptors (Lipinski definition) is 4. The molecule has 18 heavy (non-hydrogen) atoms. The minimum absolute atomic E-state index is 0.271. The van der Waals surface area contributed by atoms with Crippen molar-refractivity contribution < 1.29 is 4.79 Å². The molecule has 1 atom stereocenters. The van der Waals surface area contributed by atoms with Gasteiger partial charge in [0, 0.05) is 6.20 Å². The first-order valence-corrected chi connectivity index (χ1v) is 5.74. The van der Waals surface area contributed by atoms with Crippen LogP contribution in [0, 0.1) is 11.3 Å². The van der Waals surface area contributed by atoms with Crippen molar-refractivity contribution in [2.24, 2.45) is 0 Å². The lowest BCUT2D eigenvalue weighted by Gasteiger charge is -2.10. The largest absolute Gasteiger partial charge is 0.336 e. The van der Waals surface area contributed by atoms with Gasteiger partial charge in [-0.1, -0.05) is 13.3 Å². The molecule has 2 aromatic rings. The SMILES string of the molecule is CCC[C@@H](C#N)NC(=O)c1ccc2ncnn2c1. The third-order valence-electron chi connectivity index (χ3n) is 2.57. The summed E-state index contributed by atoms with van der Waals surface area (Å²) in [6.45, 7) is 1.97. The van der Waals surface area contributed by atoms with E-state index in [2.05, 4.69) is 21.5 Å². The van der Waals surface area contributed by atoms with Crippen molar-refractivity contribution in [3.8, 4) is 6.07 Å². The van der Waals surface area contributed by atoms with Gasteiger partial charge < -0.3 is 5.32 Å². The number of aromatic nitrogens is 3. The van der Waals surface area contributed by atoms with Crippen LogP contribution in [-0.4, -0.2) is 26.5 Å². The van der Waals surface area contributed by atoms with Crippen molar-refractivity contribution in [1.29, 1.82) is 5.26 Å². The van der Waals surface area contributed by atoms with Crippen molar-refractivity contribution in [1.82, 2.24) is 19.9 Å². The topological polar surface area (TPSA) is 83.1 Å². The number of carbonyl (C=O) groups excluding carboxylic acids is 1. The molecule has 2 heterocycles. The van der Waals surface area contributed by atoms with E-state index in [9.17, 15) is 4.79 Å². The predicted octanol–water partition coefficient (Wildman–Crippen LogP) is 1.15. The number of nitrogens with one attached hydrogen (secondary N) is 1. The number of hydrogen-bond donors (Lipinski definition) is 1. The molecule has 6 heteroatoms. The molecule has 0 unspecified atom stereocenters. The van der Waals surface area contributed by atoms with Crippen LogP contribution >= 0.6 is 0 Å². The Hall–Kier alpha value is -2.42. The van der Waals surface area contributed by atoms with E-state index in [1.54, 1.807) is 18.3 Å². The highest BCUT2D eigenvalue weighted by Crippen LogP contribution is 2.04. The summed E-state index contributed by atoms with van der Waals surface area (Å²) < 4.78 is 1.52. The number of nitrogens with zero attached hydrogens (tertiary/aromatic N) is 4. The zero-order valence-corrected chi connectivity index (χ0v) is 10.00. The van der Waals surface area contributed by atoms with Crippen LogP contribution in [0.3, 0.4) is 0 Å². The first-order valence-electron chi connectivity index (χ1n) is 5.74. The molecule has 2 rings (SSSR count). The summed E-state index contributed by atoms with van der Waals surface area (Å²) in [6.07, 6.45) is 4.51. The summed E-state index contributed by atoms with van der Waals surface area (Å²) in [5, 5.41) is 15.5. The van der Waals surface area contributed by atoms with Crippen LogP contribution in [0.4, 0.5) is 0 Å². The van der Waals surface area contributed by atoms with Gasteiger partial charge in [-0.3, -0.25) is 4.79 Å². The Balaban J connectivity index is 2.15. The molecule has 1 N–H and O–H groups in total. The second kappa shape index (κ2) is 5.27. The minimum atomic E-state index is -0.450. The second-order valence-electron chi connectivity index (χ2n) is 3.92. The maximum Gasteiger partial charge on any atom is 0.253 e. The van der Waals surface area contributed by atoms with Crippen LogP contribution in [0.2, 0.25) is 0 Å². The van der Waals surface area contributed by atoms with E-state index in [1.165, 1.54) is 10.8 Å². The number of nitriles is 1. The molecule has 0 aliphatic carbocycles. The Morgan fingerprint density at radius 1 is 1.61 bits per heavy atom. The average molecular weight is 243 g/mol. The highest BCUT2D eigenvalue weighted by molar-refractivity contribution is 5.94. The van der Waals surface area contributed by atoms with Gasteiger partial charge in [-0.05, 0) is 18.6 Å². The number of rotatable bonds is 4. The lowest BCUT2D eigenvalue weighted by atomic mass is 10.1. The first-order chi connectivity index (χ1) is 8.74. The van der Waals surface area contributed by atoms with E-state index < -0.39 is 6.04 Å². The molecule has 0 aromatic carbocycles. The smallest absolute Gasteiger partial charge is 0.253 e. The highest BCUT2D eigenvalue weighted by atomic mass is 16.1. The van der Waals surface area contributed by atoms with Crippen LogP contribution in [0.5, 0.6) is 0 Å². The van der Waals surface area contributed by atoms with Crippen molar-refractivity contribution in [3.05, 3.63) is 30.2 Å². The van der Waals surface area contributed by atoms with Gasteiger partial charge in [-0.2, -0.15) is 10.4 Å². The number of pyridine rings is 1. The summed E-state index contributed by atoms with van der Waals surface area (Å²) in [5.74, 6) is -0.271. The van der Waals surface area contributed by atoms with Gasteiger partial charge in [-0.15, -0.1) is 0 Å². The van der Waals surface area contributed by atoms with Gasteiger partial charge in [0.15, 0.2) is 5.65 Å². The van der Waals surface area contributed by atoms with E-state index in [0.717, 1.165) is 6.42 Å². The van der Waals surface area contributed by atoms with Crippen molar-refractivity contribution >= 4 is 11.6 Å². The van der Waals surface area contributed by atoms with Crippen molar-refractivity contribution in [3.63, 3.8) is 0 Å². The second-order valence-corrected chi connectivity index (χ2v) is 3.92. The standard InChI is InChI=1S/C12H13N5O/c1-2-3-10(6-13)16-12(18)9-4-5-11-14-8-15-17(11)7-9/h4-5,7-8,10H,2-3H2,1H3,(H,16,18)/t10-/m0/s1. The van der Waals surface area contributed by atoms with Gasteiger partial charge in [0.2, 0.25) is 0 Å². The summed E-state index contributed by atoms with van der Waals surface area (Å²) in [4.78, 5) is 15.9. The number of fused-ring (bicyclic) bond motifs is 1. The first kappa shape index (κ1) is 12.0. The zero-order valence-electron chi connectivity index (χ0n) is 10.00. The minimum Gasteiger partial charge on any atom is -0.336 e. The molecule has 0 fully saturated rings. The quantitative estimate of drug-likeness (QED) is 0.873. The Morgan fingerprint density at radius 3 is 3.17 bits per heavy atom. The van der Waals surface area contributed by atoms with Gasteiger partial charge >= 0.3 is 0 Å². The molecule has 0 saturated carbocycles. The van der Waals surface area contributed by atoms with Crippen LogP contribution in [-0.2, 0) is 0 Å². The normalized spacial score (nSPS) is 12.0. The van der Waals surface area contributed by atoms with Crippen molar-refractivity contribution in [2.75, 3.05) is 0 Å². The van der Waals surface area contributed by atoms with Crippen molar-refractivity contribution in [2.45, 2.75) is 25.8 Å². The molecule has 92 valence electrons. The Labute approximate surface area is 104 Å². The van der Waals surface area contributed by atoms with E-state index in [0.29, 0.717) is 17.6 Å². The lowest BCUT2D eigenvalue weighted by Crippen LogP contribution is -2.33. The molecule has 1 amide bonds. The third kappa shape index (κ3) is 2.46. The fourth-order valence-electron chi connectivity index (χ4n) is 1.65. The molecule has 0 aliphatic rings. The van der Waals surface area contributed by atoms with Gasteiger partial charge in [-0.25, -0.2) is 9.50 Å². The molecular weight excluding hydrogens is 230 g/mol. The predicted molar refractivity (Wildman–Crippen MR) is 64.8 cm³/mol. The maximum atomic E-state index is 11.9. The summed E-state index contributed by atoms with van der Waals surface area (Å²) in [5.41, 5.74) is 1.14. The number of amides is 1. The van der Waals surface area contributed by atoms with E-state index in [1.807, 2.05) is 6.92 Å². The van der Waals surface area contributed by atoms with E-state index >= 15 is 0 Å². The van der Waals surface area contributed by atoms with E-state index in [4.69, 9.17) is 5.26 Å². The average Bonchev–Trinajstić information content (AvgIpc) is 2.85. The Morgan fingerprint density at radius 2 is 2.44 bits per heavy atom. The number of carbonyl (C=O) groups is 1. The van der Waals surface area contributed by atoms with Gasteiger partial charge in [0.05, 0.1) is 11.6 Å². The maximum absolute atomic E-state index is 11.9. The zero-order chi connectivity index (χ0) is 13.0. The third-order valence-corrected chi connectivity index (χ3v) is 2.57. The highest BCUT2D eigenvalue weighted by Gasteiger charge is 2.12. The summed E-state index contributed by atoms with van der Waals surface area (Å²) >= 11 is 0. The van der Waals surface area contributed by atoms with Crippen LogP contribution in [0.1, 0.15) is 30.1 Å². The summed E-state index contributed by atoms with van der Waals surface area (Å²) in [7, 11) is 0. The fourth-order valence-corrected chi connectivity index (χ4v) is 1.65. The van der Waals surface area contributed by atoms with Gasteiger partial charge in [0.25, 0.3) is 5.91 Å². The monoisotopic (exact) mass is 243 g/mol. The van der Waals surface area contributed by atoms with Crippen LogP contribution < -0.4 is 5.32 Å². The molecular formula is C12H13N5O. The molecule has 0 bridgehead atoms. The van der Waals surface area contributed by atoms with Crippen LogP contribution in [0.25, 0.3) is 5.65 Å². The van der Waals surface area contributed by atoms with E-state index in [-0.39, 0.29) is 5.91 Å². The fraction of sp³-hybridized carbons (Fsp3) is 0.333. The van der Waals surface area contributed by atoms with Crippen LogP contribution in [0.15, 0.2) is 24.7 Å². The molecule has 6 nitrogen and oxygen atoms in total. The molecule has 0 aliphatic heterocycles. The Kier molecular flexibility index (Phi) is 3.53. The molecule has 0 radical (unpaired) electrons.